The van der Waals surface area contributed by atoms with E-state index < -0.39 is 39.9 Å². The van der Waals surface area contributed by atoms with Gasteiger partial charge in [-0.05, 0) is 43.4 Å². The zero-order valence-corrected chi connectivity index (χ0v) is 25.0. The number of nitrogens with zero attached hydrogens (tertiary/aromatic N) is 5. The first-order chi connectivity index (χ1) is 22.0. The monoisotopic (exact) mass is 655 g/mol. The largest absolute Gasteiger partial charge is 0.462 e. The molecule has 9 nitrogen and oxygen atoms in total. The van der Waals surface area contributed by atoms with Gasteiger partial charge in [0.15, 0.2) is 5.82 Å². The van der Waals surface area contributed by atoms with Gasteiger partial charge in [0.1, 0.15) is 34.8 Å². The highest BCUT2D eigenvalue weighted by Gasteiger charge is 2.40. The van der Waals surface area contributed by atoms with Crippen molar-refractivity contribution in [3.63, 3.8) is 0 Å². The van der Waals surface area contributed by atoms with E-state index in [-0.39, 0.29) is 62.1 Å². The lowest BCUT2D eigenvalue weighted by Gasteiger charge is -2.34. The van der Waals surface area contributed by atoms with E-state index in [1.165, 1.54) is 0 Å². The summed E-state index contributed by atoms with van der Waals surface area (Å²) in [5.74, 6) is -2.06. The molecule has 46 heavy (non-hydrogen) atoms. The van der Waals surface area contributed by atoms with Crippen molar-refractivity contribution in [3.05, 3.63) is 41.0 Å². The molecule has 2 bridgehead atoms. The number of nitriles is 2. The van der Waals surface area contributed by atoms with Crippen LogP contribution in [0.4, 0.5) is 32.8 Å². The number of piperazine rings is 1. The summed E-state index contributed by atoms with van der Waals surface area (Å²) in [7, 11) is 0. The Labute approximate surface area is 263 Å². The van der Waals surface area contributed by atoms with Crippen LogP contribution in [0.2, 0.25) is 0 Å². The van der Waals surface area contributed by atoms with Gasteiger partial charge in [0.25, 0.3) is 0 Å². The van der Waals surface area contributed by atoms with E-state index in [1.54, 1.807) is 0 Å². The smallest absolute Gasteiger partial charge is 0.417 e. The van der Waals surface area contributed by atoms with Gasteiger partial charge in [0.2, 0.25) is 0 Å². The molecule has 3 aliphatic heterocycles. The molecule has 2 aromatic heterocycles. The summed E-state index contributed by atoms with van der Waals surface area (Å²) in [5, 5.41) is 22.7. The normalized spacial score (nSPS) is 21.0. The third kappa shape index (κ3) is 5.03. The zero-order chi connectivity index (χ0) is 32.4. The van der Waals surface area contributed by atoms with E-state index in [1.807, 2.05) is 11.0 Å². The number of nitrogens with two attached hydrogens (primary N) is 1. The molecule has 5 heterocycles. The van der Waals surface area contributed by atoms with Crippen LogP contribution in [0.25, 0.3) is 32.1 Å². The molecule has 15 heteroatoms. The summed E-state index contributed by atoms with van der Waals surface area (Å²) in [6.07, 6.45) is -2.53. The maximum absolute atomic E-state index is 16.9. The van der Waals surface area contributed by atoms with Crippen molar-refractivity contribution in [2.75, 3.05) is 43.5 Å². The molecule has 0 saturated carbocycles. The lowest BCUT2D eigenvalue weighted by atomic mass is 9.83. The van der Waals surface area contributed by atoms with Crippen LogP contribution in [0.15, 0.2) is 18.2 Å². The molecule has 3 saturated heterocycles. The van der Waals surface area contributed by atoms with Crippen molar-refractivity contribution in [3.8, 4) is 29.3 Å². The van der Waals surface area contributed by atoms with Crippen LogP contribution in [0, 0.1) is 39.7 Å². The maximum atomic E-state index is 16.9. The Morgan fingerprint density at radius 3 is 2.50 bits per heavy atom. The van der Waals surface area contributed by atoms with Gasteiger partial charge in [-0.1, -0.05) is 6.07 Å². The number of alkyl halides is 3. The second-order valence-electron chi connectivity index (χ2n) is 11.9. The van der Waals surface area contributed by atoms with Crippen molar-refractivity contribution in [2.45, 2.75) is 43.9 Å². The molecule has 3 aliphatic rings. The Bertz CT molecular complexity index is 1950. The van der Waals surface area contributed by atoms with Crippen LogP contribution >= 0.6 is 11.3 Å². The number of benzene rings is 2. The molecular formula is C31H26F5N7O2S. The van der Waals surface area contributed by atoms with E-state index in [2.05, 4.69) is 21.4 Å². The summed E-state index contributed by atoms with van der Waals surface area (Å²) < 4.78 is 87.4. The number of nitrogens with one attached hydrogen (secondary N) is 1. The van der Waals surface area contributed by atoms with Crippen LogP contribution in [0.3, 0.4) is 0 Å². The molecule has 0 aliphatic carbocycles. The number of halogens is 5. The summed E-state index contributed by atoms with van der Waals surface area (Å²) in [4.78, 5) is 10.6. The standard InChI is InChI=1S/C31H26F5N7O2S/c32-21-4-3-17(22-19(10-37)27(39)46-26(21)22)23-20(31(34,35)36)9-18-25(24(23)33)41-29(45-14-30(13-38)5-7-44-8-6-30)42-28(18)43-11-15-1-2-16(12-43)40-15/h3-4,9,15-16,40H,1-2,5-8,11-12,14,39H2. The molecule has 3 N–H and O–H groups in total. The maximum Gasteiger partial charge on any atom is 0.417 e. The van der Waals surface area contributed by atoms with Crippen molar-refractivity contribution >= 4 is 43.1 Å². The van der Waals surface area contributed by atoms with Gasteiger partial charge in [-0.15, -0.1) is 11.3 Å². The molecule has 0 radical (unpaired) electrons. The fourth-order valence-electron chi connectivity index (χ4n) is 6.72. The first kappa shape index (κ1) is 30.3. The zero-order valence-electron chi connectivity index (χ0n) is 24.2. The molecule has 2 unspecified atom stereocenters. The third-order valence-corrected chi connectivity index (χ3v) is 10.1. The number of thiophene rings is 1. The van der Waals surface area contributed by atoms with Gasteiger partial charge < -0.3 is 25.4 Å². The summed E-state index contributed by atoms with van der Waals surface area (Å²) in [6.45, 7) is 1.42. The fourth-order valence-corrected chi connectivity index (χ4v) is 7.66. The lowest BCUT2D eigenvalue weighted by molar-refractivity contribution is -0.137. The van der Waals surface area contributed by atoms with E-state index in [0.717, 1.165) is 31.0 Å². The highest BCUT2D eigenvalue weighted by atomic mass is 32.1. The van der Waals surface area contributed by atoms with Gasteiger partial charge in [-0.3, -0.25) is 0 Å². The summed E-state index contributed by atoms with van der Waals surface area (Å²) in [6, 6.07) is 6.70. The average Bonchev–Trinajstić information content (AvgIpc) is 3.57. The van der Waals surface area contributed by atoms with Crippen molar-refractivity contribution in [2.24, 2.45) is 5.41 Å². The molecule has 3 fully saturated rings. The first-order valence-electron chi connectivity index (χ1n) is 14.7. The van der Waals surface area contributed by atoms with E-state index in [9.17, 15) is 28.1 Å². The van der Waals surface area contributed by atoms with Crippen molar-refractivity contribution in [1.29, 1.82) is 10.5 Å². The van der Waals surface area contributed by atoms with Gasteiger partial charge in [-0.2, -0.15) is 33.7 Å². The van der Waals surface area contributed by atoms with Crippen LogP contribution < -0.4 is 20.7 Å². The number of hydrogen-bond donors (Lipinski definition) is 2. The Morgan fingerprint density at radius 1 is 1.13 bits per heavy atom. The number of nitrogen functional groups attached to an aromatic ring is 1. The predicted octanol–water partition coefficient (Wildman–Crippen LogP) is 5.90. The number of rotatable bonds is 5. The second kappa shape index (κ2) is 11.2. The molecule has 0 amide bonds. The Morgan fingerprint density at radius 2 is 1.85 bits per heavy atom. The van der Waals surface area contributed by atoms with Crippen molar-refractivity contribution < 1.29 is 31.4 Å². The predicted molar refractivity (Wildman–Crippen MR) is 160 cm³/mol. The van der Waals surface area contributed by atoms with Crippen LogP contribution in [-0.2, 0) is 10.9 Å². The lowest BCUT2D eigenvalue weighted by Crippen LogP contribution is -2.51. The van der Waals surface area contributed by atoms with Gasteiger partial charge >= 0.3 is 12.2 Å². The quantitative estimate of drug-likeness (QED) is 0.252. The Hall–Kier alpha value is -4.31. The Balaban J connectivity index is 1.47. The molecular weight excluding hydrogens is 629 g/mol. The number of hydrogen-bond acceptors (Lipinski definition) is 10. The topological polar surface area (TPSA) is 133 Å². The molecule has 0 spiro atoms. The van der Waals surface area contributed by atoms with Gasteiger partial charge in [0, 0.05) is 54.7 Å². The van der Waals surface area contributed by atoms with Crippen LogP contribution in [-0.4, -0.2) is 55.0 Å². The average molecular weight is 656 g/mol. The summed E-state index contributed by atoms with van der Waals surface area (Å²) >= 11 is 0.696. The molecule has 7 rings (SSSR count). The molecule has 4 aromatic rings. The van der Waals surface area contributed by atoms with Gasteiger partial charge in [-0.25, -0.2) is 8.78 Å². The fraction of sp³-hybridized carbons (Fsp3) is 0.419. The molecule has 2 atom stereocenters. The minimum Gasteiger partial charge on any atom is -0.462 e. The SMILES string of the molecule is N#Cc1c(N)sc2c(F)ccc(-c3c(C(F)(F)F)cc4c(N5CC6CCC(C5)N6)nc(OCC5(C#N)CCOCC5)nc4c3F)c12. The molecule has 238 valence electrons. The summed E-state index contributed by atoms with van der Waals surface area (Å²) in [5.41, 5.74) is 1.77. The van der Waals surface area contributed by atoms with Crippen LogP contribution in [0.1, 0.15) is 36.8 Å². The van der Waals surface area contributed by atoms with Crippen LogP contribution in [0.5, 0.6) is 6.01 Å². The minimum atomic E-state index is -5.06. The number of fused-ring (bicyclic) bond motifs is 4. The molecule has 2 aromatic carbocycles. The second-order valence-corrected chi connectivity index (χ2v) is 13.0. The van der Waals surface area contributed by atoms with Crippen molar-refractivity contribution in [1.82, 2.24) is 15.3 Å². The number of ether oxygens (including phenoxy) is 2. The van der Waals surface area contributed by atoms with Gasteiger partial charge in [0.05, 0.1) is 27.3 Å². The highest BCUT2D eigenvalue weighted by Crippen LogP contribution is 2.48. The first-order valence-corrected chi connectivity index (χ1v) is 15.5. The van der Waals surface area contributed by atoms with E-state index >= 15 is 4.39 Å². The Kier molecular flexibility index (Phi) is 7.38. The van der Waals surface area contributed by atoms with E-state index in [0.29, 0.717) is 50.5 Å². The minimum absolute atomic E-state index is 0.0735. The third-order valence-electron chi connectivity index (χ3n) is 9.08. The number of anilines is 2. The van der Waals surface area contributed by atoms with E-state index in [4.69, 9.17) is 15.2 Å². The highest BCUT2D eigenvalue weighted by molar-refractivity contribution is 7.23. The number of aromatic nitrogens is 2.